The summed E-state index contributed by atoms with van der Waals surface area (Å²) >= 11 is 0. The second-order valence-electron chi connectivity index (χ2n) is 3.50. The van der Waals surface area contributed by atoms with Gasteiger partial charge in [-0.3, -0.25) is 5.26 Å². The Kier molecular flexibility index (Phi) is 7.45. The van der Waals surface area contributed by atoms with Crippen LogP contribution in [0.4, 0.5) is 0 Å². The van der Waals surface area contributed by atoms with Crippen LogP contribution in [0, 0.1) is 0 Å². The van der Waals surface area contributed by atoms with Gasteiger partial charge in [0.1, 0.15) is 26.4 Å². The van der Waals surface area contributed by atoms with Gasteiger partial charge in [-0.2, -0.15) is 0 Å². The van der Waals surface area contributed by atoms with Crippen LogP contribution >= 0.6 is 0 Å². The zero-order valence-corrected chi connectivity index (χ0v) is 10.4. The van der Waals surface area contributed by atoms with Crippen LogP contribution in [0.5, 0.6) is 0 Å². The van der Waals surface area contributed by atoms with Gasteiger partial charge in [-0.1, -0.05) is 30.8 Å². The Morgan fingerprint density at radius 3 is 2.47 bits per heavy atom. The lowest BCUT2D eigenvalue weighted by Crippen LogP contribution is -2.09. The van der Waals surface area contributed by atoms with E-state index in [1.165, 1.54) is 0 Å². The SMILES string of the molecule is C=CC(=O)OCCOOCc1ccccc1COO. The first-order valence-electron chi connectivity index (χ1n) is 5.64. The van der Waals surface area contributed by atoms with E-state index in [2.05, 4.69) is 11.5 Å². The first-order valence-corrected chi connectivity index (χ1v) is 5.64. The van der Waals surface area contributed by atoms with Crippen molar-refractivity contribution >= 4 is 5.97 Å². The van der Waals surface area contributed by atoms with Crippen LogP contribution in [0.15, 0.2) is 36.9 Å². The number of benzene rings is 1. The van der Waals surface area contributed by atoms with E-state index in [9.17, 15) is 4.79 Å². The van der Waals surface area contributed by atoms with Gasteiger partial charge in [-0.15, -0.1) is 0 Å². The van der Waals surface area contributed by atoms with E-state index in [1.807, 2.05) is 18.2 Å². The molecule has 1 N–H and O–H groups in total. The van der Waals surface area contributed by atoms with E-state index < -0.39 is 5.97 Å². The average Bonchev–Trinajstić information content (AvgIpc) is 2.44. The summed E-state index contributed by atoms with van der Waals surface area (Å²) in [6.07, 6.45) is 1.08. The minimum Gasteiger partial charge on any atom is -0.460 e. The standard InChI is InChI=1S/C13H16O6/c1-2-13(14)16-7-8-18-19-10-12-6-4-3-5-11(12)9-17-15/h2-6,15H,1,7-10H2. The van der Waals surface area contributed by atoms with Crippen LogP contribution in [-0.4, -0.2) is 24.4 Å². The Hall–Kier alpha value is -1.73. The molecule has 0 radical (unpaired) electrons. The molecule has 19 heavy (non-hydrogen) atoms. The molecular weight excluding hydrogens is 252 g/mol. The summed E-state index contributed by atoms with van der Waals surface area (Å²) in [6.45, 7) is 3.76. The molecule has 0 spiro atoms. The van der Waals surface area contributed by atoms with E-state index in [-0.39, 0.29) is 26.4 Å². The Morgan fingerprint density at radius 2 is 1.84 bits per heavy atom. The maximum Gasteiger partial charge on any atom is 0.330 e. The van der Waals surface area contributed by atoms with Crippen LogP contribution in [-0.2, 0) is 37.4 Å². The molecule has 0 atom stereocenters. The van der Waals surface area contributed by atoms with E-state index >= 15 is 0 Å². The van der Waals surface area contributed by atoms with E-state index in [0.29, 0.717) is 0 Å². The minimum absolute atomic E-state index is 0.0798. The number of rotatable bonds is 9. The fraction of sp³-hybridized carbons (Fsp3) is 0.308. The molecule has 0 saturated carbocycles. The molecule has 0 amide bonds. The van der Waals surface area contributed by atoms with Gasteiger partial charge < -0.3 is 4.74 Å². The number of esters is 1. The molecule has 0 unspecified atom stereocenters. The molecule has 104 valence electrons. The van der Waals surface area contributed by atoms with E-state index in [4.69, 9.17) is 19.8 Å². The van der Waals surface area contributed by atoms with Gasteiger partial charge in [0.15, 0.2) is 0 Å². The highest BCUT2D eigenvalue weighted by molar-refractivity contribution is 5.81. The first-order chi connectivity index (χ1) is 9.27. The maximum absolute atomic E-state index is 10.7. The van der Waals surface area contributed by atoms with Gasteiger partial charge in [-0.25, -0.2) is 19.5 Å². The molecule has 1 aromatic carbocycles. The minimum atomic E-state index is -0.506. The Labute approximate surface area is 111 Å². The summed E-state index contributed by atoms with van der Waals surface area (Å²) in [6, 6.07) is 7.30. The third-order valence-electron chi connectivity index (χ3n) is 2.21. The average molecular weight is 268 g/mol. The number of carbonyl (C=O) groups is 1. The second kappa shape index (κ2) is 9.23. The largest absolute Gasteiger partial charge is 0.460 e. The normalized spacial score (nSPS) is 10.2. The fourth-order valence-corrected chi connectivity index (χ4v) is 1.31. The van der Waals surface area contributed by atoms with Gasteiger partial charge >= 0.3 is 5.97 Å². The van der Waals surface area contributed by atoms with Gasteiger partial charge in [0.25, 0.3) is 0 Å². The predicted molar refractivity (Wildman–Crippen MR) is 65.8 cm³/mol. The number of carbonyl (C=O) groups excluding carboxylic acids is 1. The highest BCUT2D eigenvalue weighted by Crippen LogP contribution is 2.11. The van der Waals surface area contributed by atoms with Crippen LogP contribution in [0.25, 0.3) is 0 Å². The van der Waals surface area contributed by atoms with Crippen molar-refractivity contribution in [2.75, 3.05) is 13.2 Å². The lowest BCUT2D eigenvalue weighted by atomic mass is 10.1. The van der Waals surface area contributed by atoms with Crippen molar-refractivity contribution in [1.29, 1.82) is 0 Å². The zero-order valence-electron chi connectivity index (χ0n) is 10.4. The van der Waals surface area contributed by atoms with Crippen LogP contribution in [0.3, 0.4) is 0 Å². The highest BCUT2D eigenvalue weighted by Gasteiger charge is 2.03. The van der Waals surface area contributed by atoms with Gasteiger partial charge in [0.05, 0.1) is 0 Å². The number of hydrogen-bond donors (Lipinski definition) is 1. The quantitative estimate of drug-likeness (QED) is 0.242. The molecular formula is C13H16O6. The van der Waals surface area contributed by atoms with Crippen molar-refractivity contribution in [3.63, 3.8) is 0 Å². The van der Waals surface area contributed by atoms with E-state index in [0.717, 1.165) is 17.2 Å². The molecule has 0 saturated heterocycles. The lowest BCUT2D eigenvalue weighted by Gasteiger charge is -2.08. The third kappa shape index (κ3) is 6.12. The number of ether oxygens (including phenoxy) is 1. The van der Waals surface area contributed by atoms with E-state index in [1.54, 1.807) is 6.07 Å². The molecule has 6 heteroatoms. The van der Waals surface area contributed by atoms with Crippen LogP contribution < -0.4 is 0 Å². The van der Waals surface area contributed by atoms with Crippen LogP contribution in [0.1, 0.15) is 11.1 Å². The number of hydrogen-bond acceptors (Lipinski definition) is 6. The Bertz CT molecular complexity index is 404. The van der Waals surface area contributed by atoms with Crippen LogP contribution in [0.2, 0.25) is 0 Å². The molecule has 0 fully saturated rings. The van der Waals surface area contributed by atoms with Gasteiger partial charge in [0, 0.05) is 6.08 Å². The molecule has 1 rings (SSSR count). The smallest absolute Gasteiger partial charge is 0.330 e. The molecule has 0 aliphatic rings. The van der Waals surface area contributed by atoms with Crippen molar-refractivity contribution in [2.24, 2.45) is 0 Å². The topological polar surface area (TPSA) is 74.2 Å². The predicted octanol–water partition coefficient (Wildman–Crippen LogP) is 1.85. The van der Waals surface area contributed by atoms with Crippen molar-refractivity contribution in [3.8, 4) is 0 Å². The molecule has 6 nitrogen and oxygen atoms in total. The summed E-state index contributed by atoms with van der Waals surface area (Å²) in [5, 5.41) is 8.43. The maximum atomic E-state index is 10.7. The van der Waals surface area contributed by atoms with Crippen molar-refractivity contribution in [1.82, 2.24) is 0 Å². The monoisotopic (exact) mass is 268 g/mol. The molecule has 0 aromatic heterocycles. The zero-order chi connectivity index (χ0) is 13.9. The second-order valence-corrected chi connectivity index (χ2v) is 3.50. The summed E-state index contributed by atoms with van der Waals surface area (Å²) in [7, 11) is 0. The highest BCUT2D eigenvalue weighted by atomic mass is 17.2. The summed E-state index contributed by atoms with van der Waals surface area (Å²) in [4.78, 5) is 24.6. The van der Waals surface area contributed by atoms with Gasteiger partial charge in [-0.05, 0) is 11.1 Å². The summed E-state index contributed by atoms with van der Waals surface area (Å²) in [5.41, 5.74) is 1.63. The molecule has 0 heterocycles. The lowest BCUT2D eigenvalue weighted by molar-refractivity contribution is -0.307. The first kappa shape index (κ1) is 15.3. The molecule has 0 aliphatic carbocycles. The Balaban J connectivity index is 2.22. The fourth-order valence-electron chi connectivity index (χ4n) is 1.31. The molecule has 0 bridgehead atoms. The third-order valence-corrected chi connectivity index (χ3v) is 2.21. The molecule has 1 aromatic rings. The molecule has 0 aliphatic heterocycles. The summed E-state index contributed by atoms with van der Waals surface area (Å²) in [5.74, 6) is -0.506. The van der Waals surface area contributed by atoms with Gasteiger partial charge in [0.2, 0.25) is 0 Å². The van der Waals surface area contributed by atoms with Crippen molar-refractivity contribution in [3.05, 3.63) is 48.0 Å². The van der Waals surface area contributed by atoms with Crippen molar-refractivity contribution < 1.29 is 29.5 Å². The Morgan fingerprint density at radius 1 is 1.16 bits per heavy atom. The summed E-state index contributed by atoms with van der Waals surface area (Å²) < 4.78 is 4.69. The van der Waals surface area contributed by atoms with Crippen molar-refractivity contribution in [2.45, 2.75) is 13.2 Å².